The molecule has 0 aliphatic rings. The van der Waals surface area contributed by atoms with Gasteiger partial charge in [-0.3, -0.25) is 0 Å². The van der Waals surface area contributed by atoms with Crippen LogP contribution in [0.5, 0.6) is 0 Å². The fraction of sp³-hybridized carbons (Fsp3) is 0.308. The predicted molar refractivity (Wildman–Crippen MR) is 64.8 cm³/mol. The largest absolute Gasteiger partial charge is 0.324 e. The Morgan fingerprint density at radius 3 is 3.19 bits per heavy atom. The number of hydrogen-bond donors (Lipinski definition) is 1. The van der Waals surface area contributed by atoms with E-state index in [0.717, 1.165) is 23.9 Å². The lowest BCUT2D eigenvalue weighted by molar-refractivity contribution is 0.672. The van der Waals surface area contributed by atoms with Gasteiger partial charge in [0.15, 0.2) is 0 Å². The number of nitrogens with zero attached hydrogens (tertiary/aromatic N) is 2. The second-order valence-electron chi connectivity index (χ2n) is 3.70. The number of hydrogen-bond acceptors (Lipinski definition) is 2. The average Bonchev–Trinajstić information content (AvgIpc) is 2.73. The minimum atomic E-state index is 0.0146. The lowest BCUT2D eigenvalue weighted by Gasteiger charge is -2.07. The summed E-state index contributed by atoms with van der Waals surface area (Å²) in [5, 5.41) is 4.27. The van der Waals surface area contributed by atoms with Crippen molar-refractivity contribution in [3.8, 4) is 11.8 Å². The van der Waals surface area contributed by atoms with Crippen LogP contribution < -0.4 is 5.73 Å². The van der Waals surface area contributed by atoms with Crippen LogP contribution in [0.25, 0.3) is 5.52 Å². The van der Waals surface area contributed by atoms with Crippen molar-refractivity contribution >= 4 is 5.52 Å². The molecule has 3 heteroatoms. The van der Waals surface area contributed by atoms with Gasteiger partial charge in [-0.15, -0.1) is 11.8 Å². The molecule has 0 saturated carbocycles. The van der Waals surface area contributed by atoms with Crippen LogP contribution in [0.4, 0.5) is 0 Å². The molecule has 0 aromatic carbocycles. The van der Waals surface area contributed by atoms with E-state index in [2.05, 4.69) is 16.9 Å². The van der Waals surface area contributed by atoms with Gasteiger partial charge in [-0.25, -0.2) is 4.52 Å². The highest BCUT2D eigenvalue weighted by Gasteiger charge is 2.10. The first-order valence-corrected chi connectivity index (χ1v) is 5.40. The fourth-order valence-electron chi connectivity index (χ4n) is 1.75. The summed E-state index contributed by atoms with van der Waals surface area (Å²) in [5.74, 6) is 5.91. The number of rotatable bonds is 3. The van der Waals surface area contributed by atoms with Crippen molar-refractivity contribution in [3.63, 3.8) is 0 Å². The molecule has 0 fully saturated rings. The minimum absolute atomic E-state index is 0.0146. The molecule has 2 heterocycles. The summed E-state index contributed by atoms with van der Waals surface area (Å²) in [5.41, 5.74) is 8.30. The third-order valence-corrected chi connectivity index (χ3v) is 2.61. The molecule has 2 rings (SSSR count). The van der Waals surface area contributed by atoms with Gasteiger partial charge < -0.3 is 5.73 Å². The highest BCUT2D eigenvalue weighted by atomic mass is 15.2. The third-order valence-electron chi connectivity index (χ3n) is 2.61. The molecule has 0 aliphatic carbocycles. The maximum atomic E-state index is 6.13. The second kappa shape index (κ2) is 4.82. The quantitative estimate of drug-likeness (QED) is 0.794. The Balaban J connectivity index is 2.21. The first-order chi connectivity index (χ1) is 7.83. The lowest BCUT2D eigenvalue weighted by atomic mass is 10.0. The molecule has 2 aromatic rings. The van der Waals surface area contributed by atoms with Gasteiger partial charge in [0.25, 0.3) is 0 Å². The van der Waals surface area contributed by atoms with E-state index in [9.17, 15) is 0 Å². The van der Waals surface area contributed by atoms with E-state index in [1.54, 1.807) is 0 Å². The normalized spacial score (nSPS) is 12.1. The van der Waals surface area contributed by atoms with Crippen molar-refractivity contribution in [1.82, 2.24) is 9.61 Å². The zero-order chi connectivity index (χ0) is 11.4. The van der Waals surface area contributed by atoms with E-state index in [1.165, 1.54) is 0 Å². The summed E-state index contributed by atoms with van der Waals surface area (Å²) in [7, 11) is 0. The Labute approximate surface area is 95.3 Å². The molecule has 82 valence electrons. The van der Waals surface area contributed by atoms with Crippen molar-refractivity contribution in [2.24, 2.45) is 5.73 Å². The van der Waals surface area contributed by atoms with E-state index in [0.29, 0.717) is 0 Å². The molecule has 2 aromatic heterocycles. The number of fused-ring (bicyclic) bond motifs is 1. The van der Waals surface area contributed by atoms with Crippen molar-refractivity contribution in [1.29, 1.82) is 0 Å². The maximum Gasteiger partial charge on any atom is 0.0709 e. The van der Waals surface area contributed by atoms with Crippen LogP contribution in [0.2, 0.25) is 0 Å². The smallest absolute Gasteiger partial charge is 0.0709 e. The van der Waals surface area contributed by atoms with E-state index in [4.69, 9.17) is 5.73 Å². The Bertz CT molecular complexity index is 531. The Kier molecular flexibility index (Phi) is 3.23. The van der Waals surface area contributed by atoms with Crippen LogP contribution in [0, 0.1) is 11.8 Å². The Morgan fingerprint density at radius 2 is 2.38 bits per heavy atom. The summed E-state index contributed by atoms with van der Waals surface area (Å²) in [6.45, 7) is 1.85. The molecule has 0 spiro atoms. The maximum absolute atomic E-state index is 6.13. The van der Waals surface area contributed by atoms with Crippen LogP contribution in [0.1, 0.15) is 31.4 Å². The summed E-state index contributed by atoms with van der Waals surface area (Å²) >= 11 is 0. The molecule has 0 aliphatic heterocycles. The van der Waals surface area contributed by atoms with E-state index < -0.39 is 0 Å². The van der Waals surface area contributed by atoms with Crippen molar-refractivity contribution in [2.75, 3.05) is 0 Å². The minimum Gasteiger partial charge on any atom is -0.324 e. The van der Waals surface area contributed by atoms with Crippen molar-refractivity contribution < 1.29 is 0 Å². The van der Waals surface area contributed by atoms with Gasteiger partial charge in [0.2, 0.25) is 0 Å². The number of nitrogens with two attached hydrogens (primary N) is 1. The lowest BCUT2D eigenvalue weighted by Crippen LogP contribution is -2.09. The molecule has 1 unspecified atom stereocenters. The van der Waals surface area contributed by atoms with Crippen LogP contribution in [-0.4, -0.2) is 9.61 Å². The molecular weight excluding hydrogens is 198 g/mol. The molecular formula is C13H15N3. The molecule has 0 bridgehead atoms. The Hall–Kier alpha value is -1.79. The molecule has 16 heavy (non-hydrogen) atoms. The highest BCUT2D eigenvalue weighted by molar-refractivity contribution is 5.54. The molecule has 0 radical (unpaired) electrons. The molecule has 0 saturated heterocycles. The number of aromatic nitrogens is 2. The second-order valence-corrected chi connectivity index (χ2v) is 3.70. The van der Waals surface area contributed by atoms with Crippen LogP contribution in [0.15, 0.2) is 30.6 Å². The monoisotopic (exact) mass is 213 g/mol. The van der Waals surface area contributed by atoms with Gasteiger partial charge in [0.1, 0.15) is 0 Å². The highest BCUT2D eigenvalue weighted by Crippen LogP contribution is 2.20. The molecule has 1 atom stereocenters. The standard InChI is InChI=1S/C13H15N3/c1-2-3-4-7-12(14)11-10-15-16-9-6-5-8-13(11)16/h5-6,8-10,12H,4,7,14H2,1H3. The first-order valence-electron chi connectivity index (χ1n) is 5.40. The van der Waals surface area contributed by atoms with E-state index >= 15 is 0 Å². The third kappa shape index (κ3) is 2.07. The van der Waals surface area contributed by atoms with E-state index in [-0.39, 0.29) is 6.04 Å². The average molecular weight is 213 g/mol. The van der Waals surface area contributed by atoms with E-state index in [1.807, 2.05) is 42.0 Å². The van der Waals surface area contributed by atoms with Gasteiger partial charge in [-0.05, 0) is 25.5 Å². The predicted octanol–water partition coefficient (Wildman–Crippen LogP) is 2.14. The van der Waals surface area contributed by atoms with Crippen LogP contribution in [0.3, 0.4) is 0 Å². The Morgan fingerprint density at radius 1 is 1.50 bits per heavy atom. The summed E-state index contributed by atoms with van der Waals surface area (Å²) < 4.78 is 1.85. The molecule has 2 N–H and O–H groups in total. The SMILES string of the molecule is CC#CCCC(N)c1cnn2ccccc12. The van der Waals surface area contributed by atoms with Gasteiger partial charge >= 0.3 is 0 Å². The summed E-state index contributed by atoms with van der Waals surface area (Å²) in [6.07, 6.45) is 5.48. The molecule has 3 nitrogen and oxygen atoms in total. The fourth-order valence-corrected chi connectivity index (χ4v) is 1.75. The topological polar surface area (TPSA) is 43.3 Å². The first kappa shape index (κ1) is 10.7. The summed E-state index contributed by atoms with van der Waals surface area (Å²) in [4.78, 5) is 0. The zero-order valence-corrected chi connectivity index (χ0v) is 9.35. The zero-order valence-electron chi connectivity index (χ0n) is 9.35. The van der Waals surface area contributed by atoms with Crippen molar-refractivity contribution in [3.05, 3.63) is 36.2 Å². The van der Waals surface area contributed by atoms with Gasteiger partial charge in [0.05, 0.1) is 11.7 Å². The van der Waals surface area contributed by atoms with Gasteiger partial charge in [-0.2, -0.15) is 5.10 Å². The van der Waals surface area contributed by atoms with Gasteiger partial charge in [0, 0.05) is 24.2 Å². The van der Waals surface area contributed by atoms with Crippen molar-refractivity contribution in [2.45, 2.75) is 25.8 Å². The summed E-state index contributed by atoms with van der Waals surface area (Å²) in [6, 6.07) is 6.01. The number of pyridine rings is 1. The van der Waals surface area contributed by atoms with Crippen LogP contribution >= 0.6 is 0 Å². The van der Waals surface area contributed by atoms with Crippen LogP contribution in [-0.2, 0) is 0 Å². The molecule has 0 amide bonds. The van der Waals surface area contributed by atoms with Gasteiger partial charge in [-0.1, -0.05) is 6.07 Å².